The Labute approximate surface area is 87.2 Å². The van der Waals surface area contributed by atoms with Crippen molar-refractivity contribution in [3.63, 3.8) is 0 Å². The molecule has 1 aromatic heterocycles. The minimum absolute atomic E-state index is 0.382. The van der Waals surface area contributed by atoms with Gasteiger partial charge in [-0.15, -0.1) is 0 Å². The van der Waals surface area contributed by atoms with E-state index < -0.39 is 11.9 Å². The Hall–Kier alpha value is -1.85. The van der Waals surface area contributed by atoms with Crippen LogP contribution < -0.4 is 5.32 Å². The molecule has 1 heterocycles. The van der Waals surface area contributed by atoms with Crippen LogP contribution in [0.25, 0.3) is 0 Å². The van der Waals surface area contributed by atoms with Crippen LogP contribution in [0, 0.1) is 0 Å². The molecule has 0 aliphatic heterocycles. The van der Waals surface area contributed by atoms with Crippen LogP contribution in [-0.2, 0) is 27.8 Å². The number of rotatable bonds is 3. The summed E-state index contributed by atoms with van der Waals surface area (Å²) in [4.78, 5) is 21.7. The van der Waals surface area contributed by atoms with E-state index in [-0.39, 0.29) is 0 Å². The van der Waals surface area contributed by atoms with Crippen molar-refractivity contribution in [2.24, 2.45) is 7.05 Å². The van der Waals surface area contributed by atoms with Crippen LogP contribution in [0.4, 0.5) is 0 Å². The average Bonchev–Trinajstić information content (AvgIpc) is 2.63. The highest BCUT2D eigenvalue weighted by molar-refractivity contribution is 6.32. The van der Waals surface area contributed by atoms with Gasteiger partial charge < -0.3 is 10.1 Å². The number of amides is 1. The molecule has 0 atom stereocenters. The quantitative estimate of drug-likeness (QED) is 0.527. The lowest BCUT2D eigenvalue weighted by molar-refractivity contribution is -0.152. The third-order valence-electron chi connectivity index (χ3n) is 1.96. The van der Waals surface area contributed by atoms with Gasteiger partial charge in [0.1, 0.15) is 0 Å². The number of hydrogen-bond donors (Lipinski definition) is 1. The van der Waals surface area contributed by atoms with Gasteiger partial charge in [0, 0.05) is 31.9 Å². The number of hydrogen-bond acceptors (Lipinski definition) is 4. The Kier molecular flexibility index (Phi) is 3.84. The van der Waals surface area contributed by atoms with E-state index in [9.17, 15) is 9.59 Å². The number of aryl methyl sites for hydroxylation is 1. The molecule has 1 aromatic rings. The molecule has 0 fully saturated rings. The SMILES string of the molecule is COC(=O)C(=O)NCCc1ccnn1C. The van der Waals surface area contributed by atoms with Crippen molar-refractivity contribution in [2.75, 3.05) is 13.7 Å². The number of aromatic nitrogens is 2. The third kappa shape index (κ3) is 3.08. The topological polar surface area (TPSA) is 73.2 Å². The molecule has 6 nitrogen and oxygen atoms in total. The standard InChI is InChI=1S/C9H13N3O3/c1-12-7(4-6-11-12)3-5-10-8(13)9(14)15-2/h4,6H,3,5H2,1-2H3,(H,10,13). The second-order valence-corrected chi connectivity index (χ2v) is 2.94. The molecule has 0 saturated carbocycles. The molecule has 1 rings (SSSR count). The van der Waals surface area contributed by atoms with Gasteiger partial charge in [0.05, 0.1) is 7.11 Å². The van der Waals surface area contributed by atoms with Gasteiger partial charge in [-0.1, -0.05) is 0 Å². The van der Waals surface area contributed by atoms with Gasteiger partial charge in [-0.05, 0) is 6.07 Å². The number of carbonyl (C=O) groups is 2. The molecule has 0 saturated heterocycles. The smallest absolute Gasteiger partial charge is 0.396 e. The van der Waals surface area contributed by atoms with E-state index in [0.717, 1.165) is 5.69 Å². The van der Waals surface area contributed by atoms with Gasteiger partial charge in [0.25, 0.3) is 0 Å². The van der Waals surface area contributed by atoms with Crippen LogP contribution in [0.5, 0.6) is 0 Å². The summed E-state index contributed by atoms with van der Waals surface area (Å²) >= 11 is 0. The van der Waals surface area contributed by atoms with E-state index in [4.69, 9.17) is 0 Å². The van der Waals surface area contributed by atoms with Gasteiger partial charge in [-0.25, -0.2) is 4.79 Å². The largest absolute Gasteiger partial charge is 0.462 e. The van der Waals surface area contributed by atoms with E-state index in [1.165, 1.54) is 7.11 Å². The normalized spacial score (nSPS) is 9.73. The number of methoxy groups -OCH3 is 1. The molecule has 0 radical (unpaired) electrons. The van der Waals surface area contributed by atoms with Crippen LogP contribution in [0.15, 0.2) is 12.3 Å². The van der Waals surface area contributed by atoms with Crippen LogP contribution in [0.3, 0.4) is 0 Å². The van der Waals surface area contributed by atoms with Gasteiger partial charge >= 0.3 is 11.9 Å². The van der Waals surface area contributed by atoms with Crippen LogP contribution in [0.1, 0.15) is 5.69 Å². The first kappa shape index (κ1) is 11.2. The summed E-state index contributed by atoms with van der Waals surface area (Å²) in [5.41, 5.74) is 0.986. The lowest BCUT2D eigenvalue weighted by atomic mass is 10.3. The van der Waals surface area contributed by atoms with Crippen molar-refractivity contribution in [1.82, 2.24) is 15.1 Å². The summed E-state index contributed by atoms with van der Waals surface area (Å²) < 4.78 is 5.97. The van der Waals surface area contributed by atoms with Crippen LogP contribution in [0.2, 0.25) is 0 Å². The monoisotopic (exact) mass is 211 g/mol. The molecule has 6 heteroatoms. The summed E-state index contributed by atoms with van der Waals surface area (Å²) in [7, 11) is 2.99. The van der Waals surface area contributed by atoms with E-state index in [1.54, 1.807) is 10.9 Å². The summed E-state index contributed by atoms with van der Waals surface area (Å²) in [5, 5.41) is 6.42. The Morgan fingerprint density at radius 2 is 2.33 bits per heavy atom. The highest BCUT2D eigenvalue weighted by atomic mass is 16.5. The van der Waals surface area contributed by atoms with Gasteiger partial charge in [0.2, 0.25) is 0 Å². The first-order valence-electron chi connectivity index (χ1n) is 4.48. The first-order chi connectivity index (χ1) is 7.15. The van der Waals surface area contributed by atoms with Crippen molar-refractivity contribution >= 4 is 11.9 Å². The molecule has 0 aliphatic carbocycles. The first-order valence-corrected chi connectivity index (χ1v) is 4.48. The average molecular weight is 211 g/mol. The second-order valence-electron chi connectivity index (χ2n) is 2.94. The molecule has 0 aliphatic rings. The van der Waals surface area contributed by atoms with Crippen LogP contribution in [-0.4, -0.2) is 35.3 Å². The summed E-state index contributed by atoms with van der Waals surface area (Å²) in [6.45, 7) is 0.382. The zero-order valence-electron chi connectivity index (χ0n) is 8.69. The predicted octanol–water partition coefficient (Wildman–Crippen LogP) is -0.748. The fourth-order valence-electron chi connectivity index (χ4n) is 1.12. The van der Waals surface area contributed by atoms with Crippen molar-refractivity contribution in [3.8, 4) is 0 Å². The fourth-order valence-corrected chi connectivity index (χ4v) is 1.12. The minimum Gasteiger partial charge on any atom is -0.462 e. The Morgan fingerprint density at radius 1 is 1.60 bits per heavy atom. The van der Waals surface area contributed by atoms with Crippen molar-refractivity contribution in [3.05, 3.63) is 18.0 Å². The van der Waals surface area contributed by atoms with Crippen molar-refractivity contribution < 1.29 is 14.3 Å². The number of ether oxygens (including phenoxy) is 1. The fraction of sp³-hybridized carbons (Fsp3) is 0.444. The number of nitrogens with one attached hydrogen (secondary N) is 1. The Morgan fingerprint density at radius 3 is 2.87 bits per heavy atom. The molecule has 0 bridgehead atoms. The molecule has 0 spiro atoms. The van der Waals surface area contributed by atoms with Crippen molar-refractivity contribution in [1.29, 1.82) is 0 Å². The van der Waals surface area contributed by atoms with Gasteiger partial charge in [-0.3, -0.25) is 9.48 Å². The van der Waals surface area contributed by atoms with E-state index in [2.05, 4.69) is 15.2 Å². The summed E-state index contributed by atoms with van der Waals surface area (Å²) in [6, 6.07) is 1.85. The molecule has 0 aromatic carbocycles. The molecule has 82 valence electrons. The maximum absolute atomic E-state index is 11.0. The molecule has 1 amide bonds. The number of carbonyl (C=O) groups excluding carboxylic acids is 2. The maximum Gasteiger partial charge on any atom is 0.396 e. The van der Waals surface area contributed by atoms with Crippen molar-refractivity contribution in [2.45, 2.75) is 6.42 Å². The number of nitrogens with zero attached hydrogens (tertiary/aromatic N) is 2. The molecular weight excluding hydrogens is 198 g/mol. The van der Waals surface area contributed by atoms with E-state index >= 15 is 0 Å². The minimum atomic E-state index is -0.875. The number of esters is 1. The molecule has 1 N–H and O–H groups in total. The van der Waals surface area contributed by atoms with E-state index in [1.807, 2.05) is 13.1 Å². The molecule has 0 unspecified atom stereocenters. The zero-order chi connectivity index (χ0) is 11.3. The third-order valence-corrected chi connectivity index (χ3v) is 1.96. The lowest BCUT2D eigenvalue weighted by Gasteiger charge is -2.03. The maximum atomic E-state index is 11.0. The highest BCUT2D eigenvalue weighted by Crippen LogP contribution is 1.95. The van der Waals surface area contributed by atoms with Crippen LogP contribution >= 0.6 is 0 Å². The summed E-state index contributed by atoms with van der Waals surface area (Å²) in [6.07, 6.45) is 2.30. The zero-order valence-corrected chi connectivity index (χ0v) is 8.69. The second kappa shape index (κ2) is 5.14. The highest BCUT2D eigenvalue weighted by Gasteiger charge is 2.12. The van der Waals surface area contributed by atoms with E-state index in [0.29, 0.717) is 13.0 Å². The lowest BCUT2D eigenvalue weighted by Crippen LogP contribution is -2.33. The predicted molar refractivity (Wildman–Crippen MR) is 51.9 cm³/mol. The molecule has 15 heavy (non-hydrogen) atoms. The molecular formula is C9H13N3O3. The Bertz CT molecular complexity index is 359. The summed E-state index contributed by atoms with van der Waals surface area (Å²) in [5.74, 6) is -1.60. The Balaban J connectivity index is 2.31. The van der Waals surface area contributed by atoms with Gasteiger partial charge in [0.15, 0.2) is 0 Å². The van der Waals surface area contributed by atoms with Gasteiger partial charge in [-0.2, -0.15) is 5.10 Å².